The summed E-state index contributed by atoms with van der Waals surface area (Å²) in [5.41, 5.74) is 5.27. The Morgan fingerprint density at radius 2 is 1.57 bits per heavy atom. The van der Waals surface area contributed by atoms with E-state index in [1.165, 1.54) is 5.56 Å². The molecule has 3 N–H and O–H groups in total. The summed E-state index contributed by atoms with van der Waals surface area (Å²) in [6.45, 7) is 5.10. The van der Waals surface area contributed by atoms with Crippen LogP contribution in [0.2, 0.25) is 0 Å². The fourth-order valence-corrected chi connectivity index (χ4v) is 2.83. The molecule has 3 aromatic rings. The molecule has 0 saturated carbocycles. The van der Waals surface area contributed by atoms with Crippen molar-refractivity contribution in [3.05, 3.63) is 89.5 Å². The predicted octanol–water partition coefficient (Wildman–Crippen LogP) is 5.61. The fraction of sp³-hybridized carbons (Fsp3) is 0.192. The number of nitrogens with zero attached hydrogens (tertiary/aromatic N) is 1. The first-order chi connectivity index (χ1) is 16.5. The number of anilines is 1. The molecule has 0 saturated heterocycles. The van der Waals surface area contributed by atoms with Gasteiger partial charge in [-0.25, -0.2) is 4.79 Å². The Bertz CT molecular complexity index is 1180. The molecule has 0 aliphatic rings. The van der Waals surface area contributed by atoms with Gasteiger partial charge in [-0.2, -0.15) is 18.4 Å². The first kappa shape index (κ1) is 27.1. The molecule has 0 spiro atoms. The minimum absolute atomic E-state index is 0.195. The van der Waals surface area contributed by atoms with Crippen molar-refractivity contribution in [2.75, 3.05) is 5.32 Å². The van der Waals surface area contributed by atoms with Crippen molar-refractivity contribution in [3.8, 4) is 17.2 Å². The molecule has 3 aromatic carbocycles. The lowest BCUT2D eigenvalue weighted by molar-refractivity contribution is -0.192. The molecule has 0 aromatic heterocycles. The predicted molar refractivity (Wildman–Crippen MR) is 127 cm³/mol. The fourth-order valence-electron chi connectivity index (χ4n) is 2.83. The van der Waals surface area contributed by atoms with E-state index in [1.54, 1.807) is 24.3 Å². The van der Waals surface area contributed by atoms with Gasteiger partial charge >= 0.3 is 12.1 Å². The molecule has 0 unspecified atom stereocenters. The van der Waals surface area contributed by atoms with E-state index >= 15 is 0 Å². The third-order valence-electron chi connectivity index (χ3n) is 4.64. The van der Waals surface area contributed by atoms with Crippen molar-refractivity contribution in [2.24, 2.45) is 0 Å². The molecule has 3 rings (SSSR count). The van der Waals surface area contributed by atoms with Crippen molar-refractivity contribution in [3.63, 3.8) is 0 Å². The zero-order valence-corrected chi connectivity index (χ0v) is 19.1. The van der Waals surface area contributed by atoms with E-state index in [2.05, 4.69) is 48.7 Å². The maximum Gasteiger partial charge on any atom is 0.490 e. The van der Waals surface area contributed by atoms with Gasteiger partial charge in [0.05, 0.1) is 11.6 Å². The molecule has 0 fully saturated rings. The molecule has 0 bridgehead atoms. The van der Waals surface area contributed by atoms with Crippen molar-refractivity contribution < 1.29 is 27.9 Å². The number of carboxylic acids is 1. The number of hydrogen-bond donors (Lipinski definition) is 3. The number of carbonyl (C=O) groups is 2. The van der Waals surface area contributed by atoms with E-state index in [0.717, 1.165) is 23.4 Å². The second kappa shape index (κ2) is 12.3. The molecule has 182 valence electrons. The average molecular weight is 483 g/mol. The monoisotopic (exact) mass is 483 g/mol. The molecule has 6 nitrogen and oxygen atoms in total. The van der Waals surface area contributed by atoms with Gasteiger partial charge in [-0.3, -0.25) is 4.79 Å². The van der Waals surface area contributed by atoms with Gasteiger partial charge in [-0.1, -0.05) is 44.2 Å². The molecule has 0 aliphatic carbocycles. The van der Waals surface area contributed by atoms with E-state index in [9.17, 15) is 18.0 Å². The topological polar surface area (TPSA) is 102 Å². The molecular formula is C26H24F3N3O3. The SMILES string of the molecule is CC(C)NCc1cccc(-c2ccc(NC(=O)c3ccc(C#N)cc3)cc2)c1.O=C(O)C(F)(F)F. The third kappa shape index (κ3) is 8.95. The number of halogens is 3. The molecule has 1 amide bonds. The second-order valence-corrected chi connectivity index (χ2v) is 7.76. The molecular weight excluding hydrogens is 459 g/mol. The van der Waals surface area contributed by atoms with E-state index < -0.39 is 12.1 Å². The largest absolute Gasteiger partial charge is 0.490 e. The lowest BCUT2D eigenvalue weighted by Crippen LogP contribution is -2.21. The number of carboxylic acid groups (broad SMARTS) is 1. The highest BCUT2D eigenvalue weighted by atomic mass is 19.4. The van der Waals surface area contributed by atoms with Crippen LogP contribution in [0.15, 0.2) is 72.8 Å². The third-order valence-corrected chi connectivity index (χ3v) is 4.64. The van der Waals surface area contributed by atoms with Gasteiger partial charge in [0.25, 0.3) is 5.91 Å². The Morgan fingerprint density at radius 3 is 2.09 bits per heavy atom. The minimum atomic E-state index is -5.08. The lowest BCUT2D eigenvalue weighted by atomic mass is 10.0. The van der Waals surface area contributed by atoms with Gasteiger partial charge in [0, 0.05) is 23.8 Å². The van der Waals surface area contributed by atoms with Gasteiger partial charge in [0.15, 0.2) is 0 Å². The van der Waals surface area contributed by atoms with Crippen LogP contribution in [0.1, 0.15) is 35.3 Å². The van der Waals surface area contributed by atoms with Crippen molar-refractivity contribution in [2.45, 2.75) is 32.6 Å². The Kier molecular flexibility index (Phi) is 9.55. The number of aliphatic carboxylic acids is 1. The first-order valence-corrected chi connectivity index (χ1v) is 10.5. The Labute approximate surface area is 201 Å². The summed E-state index contributed by atoms with van der Waals surface area (Å²) < 4.78 is 31.7. The zero-order chi connectivity index (χ0) is 26.0. The van der Waals surface area contributed by atoms with Crippen LogP contribution in [0.4, 0.5) is 18.9 Å². The van der Waals surface area contributed by atoms with Gasteiger partial charge in [0.1, 0.15) is 0 Å². The van der Waals surface area contributed by atoms with Crippen LogP contribution in [0.3, 0.4) is 0 Å². The van der Waals surface area contributed by atoms with Crippen LogP contribution < -0.4 is 10.6 Å². The van der Waals surface area contributed by atoms with Crippen LogP contribution in [-0.2, 0) is 11.3 Å². The maximum atomic E-state index is 12.3. The van der Waals surface area contributed by atoms with Crippen LogP contribution >= 0.6 is 0 Å². The maximum absolute atomic E-state index is 12.3. The number of benzene rings is 3. The average Bonchev–Trinajstić information content (AvgIpc) is 2.83. The molecule has 0 heterocycles. The summed E-state index contributed by atoms with van der Waals surface area (Å²) in [5, 5.41) is 22.3. The molecule has 9 heteroatoms. The van der Waals surface area contributed by atoms with Crippen LogP contribution in [-0.4, -0.2) is 29.2 Å². The highest BCUT2D eigenvalue weighted by Gasteiger charge is 2.38. The summed E-state index contributed by atoms with van der Waals surface area (Å²) in [6.07, 6.45) is -5.08. The molecule has 35 heavy (non-hydrogen) atoms. The second-order valence-electron chi connectivity index (χ2n) is 7.76. The molecule has 0 atom stereocenters. The molecule has 0 radical (unpaired) electrons. The first-order valence-electron chi connectivity index (χ1n) is 10.5. The lowest BCUT2D eigenvalue weighted by Gasteiger charge is -2.10. The number of nitrogens with one attached hydrogen (secondary N) is 2. The van der Waals surface area contributed by atoms with Crippen molar-refractivity contribution >= 4 is 17.6 Å². The quantitative estimate of drug-likeness (QED) is 0.423. The van der Waals surface area contributed by atoms with Crippen LogP contribution in [0, 0.1) is 11.3 Å². The van der Waals surface area contributed by atoms with Gasteiger partial charge in [0.2, 0.25) is 0 Å². The van der Waals surface area contributed by atoms with E-state index in [0.29, 0.717) is 17.2 Å². The normalized spacial score (nSPS) is 10.7. The van der Waals surface area contributed by atoms with Gasteiger partial charge in [-0.15, -0.1) is 0 Å². The highest BCUT2D eigenvalue weighted by molar-refractivity contribution is 6.04. The number of carbonyl (C=O) groups excluding carboxylic acids is 1. The smallest absolute Gasteiger partial charge is 0.475 e. The zero-order valence-electron chi connectivity index (χ0n) is 19.1. The summed E-state index contributed by atoms with van der Waals surface area (Å²) in [4.78, 5) is 21.2. The Hall–Kier alpha value is -4.16. The Morgan fingerprint density at radius 1 is 0.971 bits per heavy atom. The van der Waals surface area contributed by atoms with Crippen molar-refractivity contribution in [1.29, 1.82) is 5.26 Å². The van der Waals surface area contributed by atoms with Gasteiger partial charge < -0.3 is 15.7 Å². The number of hydrogen-bond acceptors (Lipinski definition) is 4. The highest BCUT2D eigenvalue weighted by Crippen LogP contribution is 2.23. The van der Waals surface area contributed by atoms with Crippen LogP contribution in [0.5, 0.6) is 0 Å². The minimum Gasteiger partial charge on any atom is -0.475 e. The number of alkyl halides is 3. The van der Waals surface area contributed by atoms with E-state index in [4.69, 9.17) is 15.2 Å². The molecule has 0 aliphatic heterocycles. The Balaban J connectivity index is 0.000000540. The summed E-state index contributed by atoms with van der Waals surface area (Å²) >= 11 is 0. The van der Waals surface area contributed by atoms with E-state index in [1.807, 2.05) is 30.3 Å². The van der Waals surface area contributed by atoms with E-state index in [-0.39, 0.29) is 5.91 Å². The summed E-state index contributed by atoms with van der Waals surface area (Å²) in [6, 6.07) is 25.3. The van der Waals surface area contributed by atoms with Crippen molar-refractivity contribution in [1.82, 2.24) is 5.32 Å². The number of rotatable bonds is 6. The summed E-state index contributed by atoms with van der Waals surface area (Å²) in [7, 11) is 0. The van der Waals surface area contributed by atoms with Crippen LogP contribution in [0.25, 0.3) is 11.1 Å². The van der Waals surface area contributed by atoms with Gasteiger partial charge in [-0.05, 0) is 59.2 Å². The number of amides is 1. The summed E-state index contributed by atoms with van der Waals surface area (Å²) in [5.74, 6) is -2.95. The standard InChI is InChI=1S/C24H23N3O.C2HF3O2/c1-17(2)26-16-19-4-3-5-22(14-19)20-10-12-23(13-11-20)27-24(28)21-8-6-18(15-25)7-9-21;3-2(4,5)1(6)7/h3-14,17,26H,16H2,1-2H3,(H,27,28);(H,6,7). The number of nitriles is 1.